The maximum absolute atomic E-state index is 10.7. The number of aryl methyl sites for hydroxylation is 1. The van der Waals surface area contributed by atoms with Crippen molar-refractivity contribution in [1.29, 1.82) is 0 Å². The highest BCUT2D eigenvalue weighted by atomic mass is 32.1. The van der Waals surface area contributed by atoms with E-state index in [0.29, 0.717) is 13.1 Å². The second-order valence-corrected chi connectivity index (χ2v) is 5.42. The first-order valence-electron chi connectivity index (χ1n) is 5.48. The van der Waals surface area contributed by atoms with E-state index in [9.17, 15) is 4.79 Å². The van der Waals surface area contributed by atoms with Crippen LogP contribution in [-0.4, -0.2) is 29.1 Å². The van der Waals surface area contributed by atoms with Gasteiger partial charge >= 0.3 is 5.97 Å². The minimum Gasteiger partial charge on any atom is -0.481 e. The monoisotopic (exact) mass is 248 g/mol. The fourth-order valence-corrected chi connectivity index (χ4v) is 3.03. The Bertz CT molecular complexity index is 587. The molecule has 1 fully saturated rings. The minimum atomic E-state index is -0.710. The van der Waals surface area contributed by atoms with Crippen molar-refractivity contribution in [1.82, 2.24) is 4.98 Å². The molecule has 0 spiro atoms. The number of aliphatic carboxylic acids is 1. The number of nitrogens with zero attached hydrogens (tertiary/aromatic N) is 2. The lowest BCUT2D eigenvalue weighted by atomic mass is 10.0. The van der Waals surface area contributed by atoms with Crippen molar-refractivity contribution in [3.63, 3.8) is 0 Å². The Morgan fingerprint density at radius 2 is 2.29 bits per heavy atom. The van der Waals surface area contributed by atoms with Crippen LogP contribution in [0.25, 0.3) is 10.2 Å². The standard InChI is InChI=1S/C12H12N2O2S/c1-7-2-3-9-10(4-7)17-12(13-9)14-5-8(6-14)11(15)16/h2-4,8H,5-6H2,1H3,(H,15,16). The lowest BCUT2D eigenvalue weighted by molar-refractivity contribution is -0.142. The fourth-order valence-electron chi connectivity index (χ4n) is 1.95. The van der Waals surface area contributed by atoms with E-state index in [1.807, 2.05) is 17.0 Å². The van der Waals surface area contributed by atoms with Gasteiger partial charge in [0.25, 0.3) is 0 Å². The molecule has 1 aliphatic rings. The Kier molecular flexibility index (Phi) is 2.29. The molecule has 0 amide bonds. The summed E-state index contributed by atoms with van der Waals surface area (Å²) in [5.74, 6) is -0.943. The third-order valence-corrected chi connectivity index (χ3v) is 4.11. The van der Waals surface area contributed by atoms with Gasteiger partial charge in [0.15, 0.2) is 5.13 Å². The van der Waals surface area contributed by atoms with Crippen LogP contribution < -0.4 is 4.90 Å². The molecule has 2 aromatic rings. The Hall–Kier alpha value is -1.62. The number of fused-ring (bicyclic) bond motifs is 1. The summed E-state index contributed by atoms with van der Waals surface area (Å²) in [6.07, 6.45) is 0. The van der Waals surface area contributed by atoms with Crippen LogP contribution in [0.3, 0.4) is 0 Å². The molecule has 0 radical (unpaired) electrons. The number of hydrogen-bond acceptors (Lipinski definition) is 4. The van der Waals surface area contributed by atoms with Crippen molar-refractivity contribution in [2.75, 3.05) is 18.0 Å². The van der Waals surface area contributed by atoms with E-state index in [0.717, 1.165) is 10.6 Å². The van der Waals surface area contributed by atoms with E-state index in [-0.39, 0.29) is 5.92 Å². The van der Waals surface area contributed by atoms with Gasteiger partial charge in [0, 0.05) is 13.1 Å². The first kappa shape index (κ1) is 10.5. The summed E-state index contributed by atoms with van der Waals surface area (Å²) in [7, 11) is 0. The normalized spacial score (nSPS) is 16.2. The molecule has 0 aliphatic carbocycles. The van der Waals surface area contributed by atoms with Crippen LogP contribution in [0.2, 0.25) is 0 Å². The second kappa shape index (κ2) is 3.70. The van der Waals surface area contributed by atoms with Crippen molar-refractivity contribution in [3.05, 3.63) is 23.8 Å². The van der Waals surface area contributed by atoms with Crippen molar-refractivity contribution < 1.29 is 9.90 Å². The number of hydrogen-bond donors (Lipinski definition) is 1. The Labute approximate surface area is 103 Å². The van der Waals surface area contributed by atoms with Crippen molar-refractivity contribution in [2.24, 2.45) is 5.92 Å². The van der Waals surface area contributed by atoms with Gasteiger partial charge < -0.3 is 10.0 Å². The summed E-state index contributed by atoms with van der Waals surface area (Å²) in [6.45, 7) is 3.21. The molecule has 3 rings (SSSR count). The highest BCUT2D eigenvalue weighted by molar-refractivity contribution is 7.22. The third-order valence-electron chi connectivity index (χ3n) is 3.03. The maximum atomic E-state index is 10.7. The molecule has 88 valence electrons. The van der Waals surface area contributed by atoms with E-state index < -0.39 is 5.97 Å². The molecule has 0 saturated carbocycles. The first-order chi connectivity index (χ1) is 8.13. The van der Waals surface area contributed by atoms with E-state index in [2.05, 4.69) is 18.0 Å². The van der Waals surface area contributed by atoms with Gasteiger partial charge in [0.05, 0.1) is 16.1 Å². The highest BCUT2D eigenvalue weighted by Gasteiger charge is 2.34. The lowest BCUT2D eigenvalue weighted by Gasteiger charge is -2.36. The average Bonchev–Trinajstić information content (AvgIpc) is 2.56. The number of thiazole rings is 1. The van der Waals surface area contributed by atoms with Crippen LogP contribution in [0.1, 0.15) is 5.56 Å². The molecule has 1 aliphatic heterocycles. The van der Waals surface area contributed by atoms with Crippen LogP contribution in [0.5, 0.6) is 0 Å². The zero-order chi connectivity index (χ0) is 12.0. The smallest absolute Gasteiger partial charge is 0.310 e. The second-order valence-electron chi connectivity index (χ2n) is 4.41. The van der Waals surface area contributed by atoms with Gasteiger partial charge in [-0.15, -0.1) is 0 Å². The molecule has 4 nitrogen and oxygen atoms in total. The molecule has 5 heteroatoms. The number of carboxylic acids is 1. The van der Waals surface area contributed by atoms with E-state index in [4.69, 9.17) is 5.11 Å². The zero-order valence-corrected chi connectivity index (χ0v) is 10.2. The zero-order valence-electron chi connectivity index (χ0n) is 9.38. The molecular weight excluding hydrogens is 236 g/mol. The third kappa shape index (κ3) is 1.76. The number of carboxylic acid groups (broad SMARTS) is 1. The number of aromatic nitrogens is 1. The topological polar surface area (TPSA) is 53.4 Å². The molecule has 1 aromatic carbocycles. The number of anilines is 1. The SMILES string of the molecule is Cc1ccc2nc(N3CC(C(=O)O)C3)sc2c1. The van der Waals surface area contributed by atoms with Crippen LogP contribution in [0, 0.1) is 12.8 Å². The molecule has 1 aromatic heterocycles. The Morgan fingerprint density at radius 1 is 1.53 bits per heavy atom. The molecule has 0 atom stereocenters. The van der Waals surface area contributed by atoms with Gasteiger partial charge in [0.2, 0.25) is 0 Å². The lowest BCUT2D eigenvalue weighted by Crippen LogP contribution is -2.50. The number of carbonyl (C=O) groups is 1. The molecular formula is C12H12N2O2S. The summed E-state index contributed by atoms with van der Waals surface area (Å²) >= 11 is 1.63. The summed E-state index contributed by atoms with van der Waals surface area (Å²) in [4.78, 5) is 17.3. The highest BCUT2D eigenvalue weighted by Crippen LogP contribution is 2.33. The maximum Gasteiger partial charge on any atom is 0.310 e. The van der Waals surface area contributed by atoms with E-state index >= 15 is 0 Å². The summed E-state index contributed by atoms with van der Waals surface area (Å²) in [5.41, 5.74) is 2.22. The summed E-state index contributed by atoms with van der Waals surface area (Å²) in [5, 5.41) is 9.76. The summed E-state index contributed by atoms with van der Waals surface area (Å²) < 4.78 is 1.17. The van der Waals surface area contributed by atoms with Crippen LogP contribution in [0.4, 0.5) is 5.13 Å². The molecule has 1 saturated heterocycles. The molecule has 2 heterocycles. The predicted octanol–water partition coefficient (Wildman–Crippen LogP) is 2.13. The predicted molar refractivity (Wildman–Crippen MR) is 67.7 cm³/mol. The number of benzene rings is 1. The van der Waals surface area contributed by atoms with Crippen LogP contribution >= 0.6 is 11.3 Å². The van der Waals surface area contributed by atoms with E-state index in [1.54, 1.807) is 11.3 Å². The summed E-state index contributed by atoms with van der Waals surface area (Å²) in [6, 6.07) is 6.17. The van der Waals surface area contributed by atoms with Crippen molar-refractivity contribution in [3.8, 4) is 0 Å². The average molecular weight is 248 g/mol. The van der Waals surface area contributed by atoms with Crippen molar-refractivity contribution >= 4 is 32.7 Å². The molecule has 0 unspecified atom stereocenters. The Balaban J connectivity index is 1.85. The number of rotatable bonds is 2. The Morgan fingerprint density at radius 3 is 3.00 bits per heavy atom. The fraction of sp³-hybridized carbons (Fsp3) is 0.333. The van der Waals surface area contributed by atoms with Gasteiger partial charge in [-0.05, 0) is 24.6 Å². The van der Waals surface area contributed by atoms with Crippen LogP contribution in [0.15, 0.2) is 18.2 Å². The van der Waals surface area contributed by atoms with Gasteiger partial charge in [-0.2, -0.15) is 0 Å². The molecule has 0 bridgehead atoms. The molecule has 1 N–H and O–H groups in total. The first-order valence-corrected chi connectivity index (χ1v) is 6.30. The van der Waals surface area contributed by atoms with Gasteiger partial charge in [-0.3, -0.25) is 4.79 Å². The molecule has 17 heavy (non-hydrogen) atoms. The van der Waals surface area contributed by atoms with Gasteiger partial charge in [0.1, 0.15) is 0 Å². The largest absolute Gasteiger partial charge is 0.481 e. The van der Waals surface area contributed by atoms with Gasteiger partial charge in [-0.25, -0.2) is 4.98 Å². The quantitative estimate of drug-likeness (QED) is 0.884. The van der Waals surface area contributed by atoms with E-state index in [1.165, 1.54) is 10.3 Å². The van der Waals surface area contributed by atoms with Gasteiger partial charge in [-0.1, -0.05) is 17.4 Å². The van der Waals surface area contributed by atoms with Crippen LogP contribution in [-0.2, 0) is 4.79 Å². The van der Waals surface area contributed by atoms with Crippen molar-refractivity contribution in [2.45, 2.75) is 6.92 Å². The minimum absolute atomic E-state index is 0.233.